The van der Waals surface area contributed by atoms with Crippen molar-refractivity contribution >= 4 is 5.95 Å². The third kappa shape index (κ3) is 6.03. The van der Waals surface area contributed by atoms with Gasteiger partial charge in [0.2, 0.25) is 11.8 Å². The lowest BCUT2D eigenvalue weighted by Crippen LogP contribution is -2.09. The van der Waals surface area contributed by atoms with Crippen molar-refractivity contribution in [3.8, 4) is 5.88 Å². The predicted octanol–water partition coefficient (Wildman–Crippen LogP) is 0.686. The monoisotopic (exact) mass is 241 g/mol. The van der Waals surface area contributed by atoms with E-state index in [1.807, 2.05) is 6.92 Å². The molecule has 0 aliphatic carbocycles. The molecular weight excluding hydrogens is 222 g/mol. The lowest BCUT2D eigenvalue weighted by atomic mass is 10.4. The van der Waals surface area contributed by atoms with E-state index >= 15 is 0 Å². The molecule has 0 bridgehead atoms. The lowest BCUT2D eigenvalue weighted by Gasteiger charge is -2.06. The van der Waals surface area contributed by atoms with Gasteiger partial charge < -0.3 is 19.9 Å². The van der Waals surface area contributed by atoms with E-state index in [-0.39, 0.29) is 6.61 Å². The van der Waals surface area contributed by atoms with Crippen molar-refractivity contribution in [2.24, 2.45) is 0 Å². The molecule has 0 radical (unpaired) electrons. The van der Waals surface area contributed by atoms with Crippen LogP contribution in [0.25, 0.3) is 0 Å². The molecule has 0 aromatic carbocycles. The highest BCUT2D eigenvalue weighted by molar-refractivity contribution is 5.27. The minimum Gasteiger partial charge on any atom is -0.478 e. The van der Waals surface area contributed by atoms with Gasteiger partial charge in [-0.3, -0.25) is 0 Å². The first kappa shape index (κ1) is 13.7. The van der Waals surface area contributed by atoms with Crippen molar-refractivity contribution in [1.29, 1.82) is 0 Å². The molecule has 1 rings (SSSR count). The van der Waals surface area contributed by atoms with Crippen LogP contribution in [0, 0.1) is 0 Å². The number of nitrogens with one attached hydrogen (secondary N) is 1. The molecule has 0 amide bonds. The predicted molar refractivity (Wildman–Crippen MR) is 64.2 cm³/mol. The molecule has 0 unspecified atom stereocenters. The van der Waals surface area contributed by atoms with E-state index in [9.17, 15) is 0 Å². The van der Waals surface area contributed by atoms with Gasteiger partial charge in [0.05, 0.1) is 19.8 Å². The Bertz CT molecular complexity index is 310. The van der Waals surface area contributed by atoms with Crippen LogP contribution < -0.4 is 10.1 Å². The van der Waals surface area contributed by atoms with Crippen LogP contribution in [-0.2, 0) is 4.74 Å². The summed E-state index contributed by atoms with van der Waals surface area (Å²) in [4.78, 5) is 8.24. The Morgan fingerprint density at radius 3 is 3.06 bits per heavy atom. The molecule has 2 N–H and O–H groups in total. The van der Waals surface area contributed by atoms with Gasteiger partial charge >= 0.3 is 0 Å². The molecule has 0 aliphatic heterocycles. The molecule has 0 atom stereocenters. The Kier molecular flexibility index (Phi) is 7.01. The van der Waals surface area contributed by atoms with Crippen molar-refractivity contribution in [2.45, 2.75) is 13.3 Å². The van der Waals surface area contributed by atoms with Crippen molar-refractivity contribution in [3.63, 3.8) is 0 Å². The molecule has 0 saturated heterocycles. The maximum atomic E-state index is 8.51. The second-order valence-corrected chi connectivity index (χ2v) is 3.27. The second-order valence-electron chi connectivity index (χ2n) is 3.27. The molecule has 0 fully saturated rings. The van der Waals surface area contributed by atoms with Gasteiger partial charge in [0.15, 0.2) is 0 Å². The quantitative estimate of drug-likeness (QED) is 0.619. The largest absolute Gasteiger partial charge is 0.478 e. The maximum absolute atomic E-state index is 8.51. The van der Waals surface area contributed by atoms with E-state index in [1.54, 1.807) is 12.3 Å². The van der Waals surface area contributed by atoms with E-state index in [2.05, 4.69) is 15.3 Å². The summed E-state index contributed by atoms with van der Waals surface area (Å²) in [5, 5.41) is 11.6. The Morgan fingerprint density at radius 2 is 2.29 bits per heavy atom. The molecule has 17 heavy (non-hydrogen) atoms. The van der Waals surface area contributed by atoms with Gasteiger partial charge in [0.25, 0.3) is 0 Å². The molecule has 6 heteroatoms. The first-order valence-electron chi connectivity index (χ1n) is 5.75. The highest BCUT2D eigenvalue weighted by Crippen LogP contribution is 2.07. The van der Waals surface area contributed by atoms with E-state index in [4.69, 9.17) is 14.6 Å². The summed E-state index contributed by atoms with van der Waals surface area (Å²) in [6.07, 6.45) is 2.49. The first-order valence-corrected chi connectivity index (χ1v) is 5.75. The summed E-state index contributed by atoms with van der Waals surface area (Å²) >= 11 is 0. The average Bonchev–Trinajstić information content (AvgIpc) is 2.35. The normalized spacial score (nSPS) is 10.2. The van der Waals surface area contributed by atoms with Crippen LogP contribution >= 0.6 is 0 Å². The Morgan fingerprint density at radius 1 is 1.41 bits per heavy atom. The van der Waals surface area contributed by atoms with Crippen LogP contribution in [0.1, 0.15) is 13.3 Å². The molecule has 0 spiro atoms. The number of aliphatic hydroxyl groups excluding tert-OH is 1. The lowest BCUT2D eigenvalue weighted by molar-refractivity contribution is 0.0921. The SMILES string of the molecule is CCOc1ccnc(NCCCOCCO)n1. The van der Waals surface area contributed by atoms with Gasteiger partial charge in [-0.15, -0.1) is 0 Å². The first-order chi connectivity index (χ1) is 8.36. The highest BCUT2D eigenvalue weighted by atomic mass is 16.5. The Labute approximate surface area is 101 Å². The fourth-order valence-corrected chi connectivity index (χ4v) is 1.20. The van der Waals surface area contributed by atoms with E-state index in [0.29, 0.717) is 31.6 Å². The van der Waals surface area contributed by atoms with Crippen LogP contribution in [-0.4, -0.2) is 48.0 Å². The summed E-state index contributed by atoms with van der Waals surface area (Å²) in [5.41, 5.74) is 0. The Hall–Kier alpha value is -1.40. The number of ether oxygens (including phenoxy) is 2. The maximum Gasteiger partial charge on any atom is 0.225 e. The Balaban J connectivity index is 2.19. The number of rotatable bonds is 9. The topological polar surface area (TPSA) is 76.5 Å². The van der Waals surface area contributed by atoms with Crippen LogP contribution in [0.4, 0.5) is 5.95 Å². The summed E-state index contributed by atoms with van der Waals surface area (Å²) in [5.74, 6) is 1.12. The van der Waals surface area contributed by atoms with Crippen LogP contribution in [0.5, 0.6) is 5.88 Å². The van der Waals surface area contributed by atoms with Crippen LogP contribution in [0.2, 0.25) is 0 Å². The number of aliphatic hydroxyl groups is 1. The molecule has 6 nitrogen and oxygen atoms in total. The molecule has 0 saturated carbocycles. The van der Waals surface area contributed by atoms with E-state index in [1.165, 1.54) is 0 Å². The van der Waals surface area contributed by atoms with E-state index in [0.717, 1.165) is 13.0 Å². The number of aromatic nitrogens is 2. The standard InChI is InChI=1S/C11H19N3O3/c1-2-17-10-4-6-13-11(14-10)12-5-3-8-16-9-7-15/h4,6,15H,2-3,5,7-9H2,1H3,(H,12,13,14). The molecule has 1 aromatic rings. The zero-order valence-corrected chi connectivity index (χ0v) is 10.1. The fourth-order valence-electron chi connectivity index (χ4n) is 1.20. The van der Waals surface area contributed by atoms with Crippen molar-refractivity contribution in [3.05, 3.63) is 12.3 Å². The molecule has 1 aromatic heterocycles. The molecule has 96 valence electrons. The van der Waals surface area contributed by atoms with Gasteiger partial charge in [-0.25, -0.2) is 4.98 Å². The number of hydrogen-bond donors (Lipinski definition) is 2. The second kappa shape index (κ2) is 8.72. The molecule has 0 aliphatic rings. The third-order valence-corrected chi connectivity index (χ3v) is 1.91. The zero-order valence-electron chi connectivity index (χ0n) is 10.1. The molecule has 1 heterocycles. The average molecular weight is 241 g/mol. The highest BCUT2D eigenvalue weighted by Gasteiger charge is 1.98. The number of hydrogen-bond acceptors (Lipinski definition) is 6. The number of nitrogens with zero attached hydrogens (tertiary/aromatic N) is 2. The van der Waals surface area contributed by atoms with Gasteiger partial charge in [-0.05, 0) is 13.3 Å². The summed E-state index contributed by atoms with van der Waals surface area (Å²) < 4.78 is 10.4. The zero-order chi connectivity index (χ0) is 12.3. The van der Waals surface area contributed by atoms with Gasteiger partial charge in [-0.2, -0.15) is 4.98 Å². The minimum atomic E-state index is 0.0624. The van der Waals surface area contributed by atoms with Gasteiger partial charge in [0, 0.05) is 25.4 Å². The minimum absolute atomic E-state index is 0.0624. The van der Waals surface area contributed by atoms with Gasteiger partial charge in [0.1, 0.15) is 0 Å². The summed E-state index contributed by atoms with van der Waals surface area (Å²) in [6, 6.07) is 1.72. The summed E-state index contributed by atoms with van der Waals surface area (Å²) in [7, 11) is 0. The summed E-state index contributed by atoms with van der Waals surface area (Å²) in [6.45, 7) is 4.28. The smallest absolute Gasteiger partial charge is 0.225 e. The van der Waals surface area contributed by atoms with Crippen molar-refractivity contribution in [2.75, 3.05) is 38.3 Å². The third-order valence-electron chi connectivity index (χ3n) is 1.91. The number of anilines is 1. The van der Waals surface area contributed by atoms with Gasteiger partial charge in [-0.1, -0.05) is 0 Å². The van der Waals surface area contributed by atoms with Crippen molar-refractivity contribution in [1.82, 2.24) is 9.97 Å². The van der Waals surface area contributed by atoms with Crippen LogP contribution in [0.15, 0.2) is 12.3 Å². The fraction of sp³-hybridized carbons (Fsp3) is 0.636. The molecular formula is C11H19N3O3. The van der Waals surface area contributed by atoms with Crippen LogP contribution in [0.3, 0.4) is 0 Å². The van der Waals surface area contributed by atoms with E-state index < -0.39 is 0 Å². The van der Waals surface area contributed by atoms with Crippen molar-refractivity contribution < 1.29 is 14.6 Å².